The van der Waals surface area contributed by atoms with Crippen LogP contribution in [-0.2, 0) is 26.7 Å². The number of methoxy groups -OCH3 is 1. The standard InChI is InChI=1S/C20H25N5O/c1-23-11-9-21-20(23)15-24(18-5-6-18)13-16-4-7-19(26-2)17(12-16)14-25-10-3-8-22-25/h3-4,7-12,18H,5-6,13-15H2,1-2H3. The predicted octanol–water partition coefficient (Wildman–Crippen LogP) is 2.84. The third-order valence-electron chi connectivity index (χ3n) is 4.95. The molecule has 0 amide bonds. The van der Waals surface area contributed by atoms with Crippen molar-refractivity contribution in [1.82, 2.24) is 24.2 Å². The van der Waals surface area contributed by atoms with Crippen molar-refractivity contribution in [2.24, 2.45) is 7.05 Å². The van der Waals surface area contributed by atoms with Gasteiger partial charge in [0.25, 0.3) is 0 Å². The Morgan fingerprint density at radius 1 is 1.19 bits per heavy atom. The van der Waals surface area contributed by atoms with Crippen LogP contribution >= 0.6 is 0 Å². The molecule has 1 aliphatic carbocycles. The number of hydrogen-bond acceptors (Lipinski definition) is 4. The lowest BCUT2D eigenvalue weighted by Gasteiger charge is -2.22. The third-order valence-corrected chi connectivity index (χ3v) is 4.95. The summed E-state index contributed by atoms with van der Waals surface area (Å²) in [6.45, 7) is 2.52. The van der Waals surface area contributed by atoms with Gasteiger partial charge in [-0.15, -0.1) is 0 Å². The van der Waals surface area contributed by atoms with Gasteiger partial charge in [0.15, 0.2) is 0 Å². The summed E-state index contributed by atoms with van der Waals surface area (Å²) in [6.07, 6.45) is 10.2. The van der Waals surface area contributed by atoms with Gasteiger partial charge in [-0.3, -0.25) is 9.58 Å². The molecule has 1 aliphatic rings. The van der Waals surface area contributed by atoms with Crippen LogP contribution in [0, 0.1) is 0 Å². The molecule has 2 heterocycles. The fourth-order valence-electron chi connectivity index (χ4n) is 3.34. The first-order chi connectivity index (χ1) is 12.7. The molecule has 26 heavy (non-hydrogen) atoms. The number of rotatable bonds is 8. The van der Waals surface area contributed by atoms with Crippen molar-refractivity contribution >= 4 is 0 Å². The Morgan fingerprint density at radius 3 is 2.73 bits per heavy atom. The minimum absolute atomic E-state index is 0.670. The first-order valence-corrected chi connectivity index (χ1v) is 9.06. The lowest BCUT2D eigenvalue weighted by molar-refractivity contribution is 0.237. The number of aromatic nitrogens is 4. The Hall–Kier alpha value is -2.60. The molecule has 1 fully saturated rings. The molecule has 136 valence electrons. The highest BCUT2D eigenvalue weighted by Gasteiger charge is 2.29. The second-order valence-corrected chi connectivity index (χ2v) is 6.94. The van der Waals surface area contributed by atoms with Crippen molar-refractivity contribution in [2.75, 3.05) is 7.11 Å². The second-order valence-electron chi connectivity index (χ2n) is 6.94. The molecule has 0 atom stereocenters. The lowest BCUT2D eigenvalue weighted by atomic mass is 10.1. The maximum Gasteiger partial charge on any atom is 0.123 e. The van der Waals surface area contributed by atoms with E-state index >= 15 is 0 Å². The largest absolute Gasteiger partial charge is 0.496 e. The fraction of sp³-hybridized carbons (Fsp3) is 0.400. The predicted molar refractivity (Wildman–Crippen MR) is 99.8 cm³/mol. The second kappa shape index (κ2) is 7.33. The summed E-state index contributed by atoms with van der Waals surface area (Å²) in [5.41, 5.74) is 2.45. The van der Waals surface area contributed by atoms with E-state index in [1.54, 1.807) is 13.3 Å². The molecule has 6 nitrogen and oxygen atoms in total. The minimum Gasteiger partial charge on any atom is -0.496 e. The lowest BCUT2D eigenvalue weighted by Crippen LogP contribution is -2.26. The van der Waals surface area contributed by atoms with Gasteiger partial charge in [0.1, 0.15) is 11.6 Å². The average molecular weight is 351 g/mol. The monoisotopic (exact) mass is 351 g/mol. The molecule has 1 aromatic carbocycles. The molecule has 1 saturated carbocycles. The zero-order chi connectivity index (χ0) is 17.9. The van der Waals surface area contributed by atoms with Gasteiger partial charge in [0, 0.05) is 50.0 Å². The molecule has 0 spiro atoms. The van der Waals surface area contributed by atoms with Crippen molar-refractivity contribution in [3.63, 3.8) is 0 Å². The van der Waals surface area contributed by atoms with Gasteiger partial charge < -0.3 is 9.30 Å². The van der Waals surface area contributed by atoms with E-state index in [1.807, 2.05) is 29.3 Å². The highest BCUT2D eigenvalue weighted by molar-refractivity contribution is 5.37. The fourth-order valence-corrected chi connectivity index (χ4v) is 3.34. The van der Waals surface area contributed by atoms with Gasteiger partial charge in [0.2, 0.25) is 0 Å². The Morgan fingerprint density at radius 2 is 2.08 bits per heavy atom. The van der Waals surface area contributed by atoms with E-state index in [0.29, 0.717) is 12.6 Å². The molecule has 6 heteroatoms. The number of aryl methyl sites for hydroxylation is 1. The van der Waals surface area contributed by atoms with Crippen LogP contribution in [0.25, 0.3) is 0 Å². The van der Waals surface area contributed by atoms with E-state index in [0.717, 1.165) is 30.2 Å². The van der Waals surface area contributed by atoms with E-state index in [1.165, 1.54) is 18.4 Å². The molecule has 4 rings (SSSR count). The normalized spacial score (nSPS) is 14.1. The van der Waals surface area contributed by atoms with Crippen LogP contribution in [0.4, 0.5) is 0 Å². The summed E-state index contributed by atoms with van der Waals surface area (Å²) in [5, 5.41) is 4.32. The highest BCUT2D eigenvalue weighted by atomic mass is 16.5. The molecular weight excluding hydrogens is 326 g/mol. The van der Waals surface area contributed by atoms with Crippen molar-refractivity contribution in [3.05, 3.63) is 66.0 Å². The number of benzene rings is 1. The molecule has 0 bridgehead atoms. The van der Waals surface area contributed by atoms with Gasteiger partial charge >= 0.3 is 0 Å². The number of nitrogens with zero attached hydrogens (tertiary/aromatic N) is 5. The first-order valence-electron chi connectivity index (χ1n) is 9.06. The van der Waals surface area contributed by atoms with Crippen LogP contribution in [-0.4, -0.2) is 37.4 Å². The molecular formula is C20H25N5O. The Bertz CT molecular complexity index is 851. The molecule has 3 aromatic rings. The highest BCUT2D eigenvalue weighted by Crippen LogP contribution is 2.30. The molecule has 0 saturated heterocycles. The van der Waals surface area contributed by atoms with Crippen LogP contribution in [0.5, 0.6) is 5.75 Å². The summed E-state index contributed by atoms with van der Waals surface area (Å²) in [6, 6.07) is 9.09. The van der Waals surface area contributed by atoms with Gasteiger partial charge in [0.05, 0.1) is 20.2 Å². The maximum atomic E-state index is 5.55. The van der Waals surface area contributed by atoms with Crippen molar-refractivity contribution < 1.29 is 4.74 Å². The van der Waals surface area contributed by atoms with Gasteiger partial charge in [-0.05, 0) is 36.6 Å². The molecule has 2 aromatic heterocycles. The number of ether oxygens (including phenoxy) is 1. The van der Waals surface area contributed by atoms with E-state index in [9.17, 15) is 0 Å². The number of imidazole rings is 1. The molecule has 0 unspecified atom stereocenters. The SMILES string of the molecule is COc1ccc(CN(Cc2nccn2C)C2CC2)cc1Cn1cccn1. The minimum atomic E-state index is 0.670. The summed E-state index contributed by atoms with van der Waals surface area (Å²) < 4.78 is 9.58. The van der Waals surface area contributed by atoms with Crippen LogP contribution < -0.4 is 4.74 Å². The molecule has 0 radical (unpaired) electrons. The van der Waals surface area contributed by atoms with Crippen molar-refractivity contribution in [1.29, 1.82) is 0 Å². The van der Waals surface area contributed by atoms with Gasteiger partial charge in [-0.25, -0.2) is 4.98 Å². The molecule has 0 aliphatic heterocycles. The summed E-state index contributed by atoms with van der Waals surface area (Å²) in [5.74, 6) is 2.02. The Kier molecular flexibility index (Phi) is 4.75. The summed E-state index contributed by atoms with van der Waals surface area (Å²) >= 11 is 0. The average Bonchev–Trinajstić information content (AvgIpc) is 3.23. The topological polar surface area (TPSA) is 48.1 Å². The van der Waals surface area contributed by atoms with Crippen molar-refractivity contribution in [2.45, 2.75) is 38.5 Å². The molecule has 0 N–H and O–H groups in total. The zero-order valence-corrected chi connectivity index (χ0v) is 15.4. The summed E-state index contributed by atoms with van der Waals surface area (Å²) in [4.78, 5) is 7.02. The van der Waals surface area contributed by atoms with E-state index in [4.69, 9.17) is 4.74 Å². The Balaban J connectivity index is 1.53. The van der Waals surface area contributed by atoms with Gasteiger partial charge in [-0.1, -0.05) is 6.07 Å². The zero-order valence-electron chi connectivity index (χ0n) is 15.4. The van der Waals surface area contributed by atoms with E-state index in [-0.39, 0.29) is 0 Å². The van der Waals surface area contributed by atoms with Crippen LogP contribution in [0.1, 0.15) is 29.8 Å². The van der Waals surface area contributed by atoms with E-state index < -0.39 is 0 Å². The quantitative estimate of drug-likeness (QED) is 0.626. The third kappa shape index (κ3) is 3.80. The van der Waals surface area contributed by atoms with E-state index in [2.05, 4.69) is 44.8 Å². The summed E-state index contributed by atoms with van der Waals surface area (Å²) in [7, 11) is 3.78. The van der Waals surface area contributed by atoms with Gasteiger partial charge in [-0.2, -0.15) is 5.10 Å². The Labute approximate surface area is 154 Å². The van der Waals surface area contributed by atoms with Crippen LogP contribution in [0.3, 0.4) is 0 Å². The maximum absolute atomic E-state index is 5.55. The first kappa shape index (κ1) is 16.8. The van der Waals surface area contributed by atoms with Crippen LogP contribution in [0.2, 0.25) is 0 Å². The van der Waals surface area contributed by atoms with Crippen LogP contribution in [0.15, 0.2) is 49.1 Å². The smallest absolute Gasteiger partial charge is 0.123 e. The van der Waals surface area contributed by atoms with Crippen molar-refractivity contribution in [3.8, 4) is 5.75 Å². The number of hydrogen-bond donors (Lipinski definition) is 0.